The van der Waals surface area contributed by atoms with Crippen molar-refractivity contribution < 1.29 is 13.0 Å². The van der Waals surface area contributed by atoms with Crippen LogP contribution in [0.25, 0.3) is 0 Å². The van der Waals surface area contributed by atoms with Crippen LogP contribution < -0.4 is 15.4 Å². The van der Waals surface area contributed by atoms with Crippen LogP contribution in [0.3, 0.4) is 0 Å². The highest BCUT2D eigenvalue weighted by Crippen LogP contribution is 2.27. The number of rotatable bonds is 5. The summed E-state index contributed by atoms with van der Waals surface area (Å²) in [7, 11) is -4.22. The van der Waals surface area contributed by atoms with Gasteiger partial charge in [0, 0.05) is 12.2 Å². The molecule has 0 spiro atoms. The molecule has 0 aliphatic rings. The lowest BCUT2D eigenvalue weighted by Crippen LogP contribution is -2.37. The van der Waals surface area contributed by atoms with Gasteiger partial charge in [-0.25, -0.2) is 0 Å². The van der Waals surface area contributed by atoms with E-state index in [1.165, 1.54) is 0 Å². The minimum atomic E-state index is -4.22. The maximum atomic E-state index is 10.6. The molecular formula is C9H14ClN3O3S. The van der Waals surface area contributed by atoms with Crippen LogP contribution in [0.5, 0.6) is 0 Å². The van der Waals surface area contributed by atoms with Crippen LogP contribution in [-0.4, -0.2) is 26.2 Å². The third-order valence-corrected chi connectivity index (χ3v) is 2.93. The lowest BCUT2D eigenvalue weighted by molar-refractivity contribution is 0.467. The molecule has 0 aliphatic carbocycles. The minimum Gasteiger partial charge on any atom is -0.399 e. The minimum absolute atomic E-state index is 0.0705. The van der Waals surface area contributed by atoms with Gasteiger partial charge in [-0.05, 0) is 25.1 Å². The summed E-state index contributed by atoms with van der Waals surface area (Å²) >= 11 is 5.99. The largest absolute Gasteiger partial charge is 0.399 e. The number of hydrogen-bond donors (Lipinski definition) is 3. The number of nitrogens with one attached hydrogen (secondary N) is 1. The highest BCUT2D eigenvalue weighted by atomic mass is 35.5. The van der Waals surface area contributed by atoms with Crippen molar-refractivity contribution in [1.29, 1.82) is 0 Å². The predicted octanol–water partition coefficient (Wildman–Crippen LogP) is 1.10. The van der Waals surface area contributed by atoms with E-state index in [2.05, 4.69) is 0 Å². The van der Waals surface area contributed by atoms with E-state index in [1.807, 2.05) is 11.6 Å². The second-order valence-electron chi connectivity index (χ2n) is 3.34. The molecule has 8 heteroatoms. The normalized spacial score (nSPS) is 11.5. The van der Waals surface area contributed by atoms with E-state index < -0.39 is 10.3 Å². The standard InChI is InChI=1S/C9H14ClN3O3S/c1-2-13(6-12-17(14,15)16)9-4-3-7(11)5-8(9)10/h3-5,12H,2,6,11H2,1H3,(H,14,15,16). The van der Waals surface area contributed by atoms with Gasteiger partial charge in [-0.15, -0.1) is 0 Å². The van der Waals surface area contributed by atoms with Gasteiger partial charge >= 0.3 is 10.3 Å². The molecule has 4 N–H and O–H groups in total. The van der Waals surface area contributed by atoms with Crippen LogP contribution in [0, 0.1) is 0 Å². The highest BCUT2D eigenvalue weighted by Gasteiger charge is 2.11. The Balaban J connectivity index is 2.86. The van der Waals surface area contributed by atoms with Gasteiger partial charge in [-0.3, -0.25) is 4.55 Å². The summed E-state index contributed by atoms with van der Waals surface area (Å²) in [5, 5.41) is 0.420. The van der Waals surface area contributed by atoms with Crippen molar-refractivity contribution in [2.75, 3.05) is 23.8 Å². The maximum absolute atomic E-state index is 10.6. The fourth-order valence-electron chi connectivity index (χ4n) is 1.31. The maximum Gasteiger partial charge on any atom is 0.334 e. The van der Waals surface area contributed by atoms with Crippen LogP contribution in [0.1, 0.15) is 6.92 Å². The van der Waals surface area contributed by atoms with Crippen molar-refractivity contribution in [1.82, 2.24) is 4.72 Å². The zero-order valence-corrected chi connectivity index (χ0v) is 10.8. The topological polar surface area (TPSA) is 95.7 Å². The van der Waals surface area contributed by atoms with Crippen LogP contribution in [-0.2, 0) is 10.3 Å². The van der Waals surface area contributed by atoms with E-state index in [0.29, 0.717) is 22.9 Å². The molecule has 0 bridgehead atoms. The summed E-state index contributed by atoms with van der Waals surface area (Å²) in [5.74, 6) is 0. The van der Waals surface area contributed by atoms with Crippen molar-refractivity contribution >= 4 is 33.3 Å². The Kier molecular flexibility index (Phi) is 4.58. The summed E-state index contributed by atoms with van der Waals surface area (Å²) in [6.07, 6.45) is 0. The van der Waals surface area contributed by atoms with Crippen LogP contribution >= 0.6 is 11.6 Å². The Morgan fingerprint density at radius 3 is 2.65 bits per heavy atom. The first-order valence-electron chi connectivity index (χ1n) is 4.85. The smallest absolute Gasteiger partial charge is 0.334 e. The van der Waals surface area contributed by atoms with Crippen LogP contribution in [0.4, 0.5) is 11.4 Å². The number of benzene rings is 1. The number of halogens is 1. The highest BCUT2D eigenvalue weighted by molar-refractivity contribution is 7.83. The molecular weight excluding hydrogens is 266 g/mol. The molecule has 0 unspecified atom stereocenters. The van der Waals surface area contributed by atoms with E-state index in [4.69, 9.17) is 21.9 Å². The summed E-state index contributed by atoms with van der Waals surface area (Å²) in [4.78, 5) is 1.65. The number of nitrogen functional groups attached to an aromatic ring is 1. The van der Waals surface area contributed by atoms with Crippen molar-refractivity contribution in [3.63, 3.8) is 0 Å². The fraction of sp³-hybridized carbons (Fsp3) is 0.333. The SMILES string of the molecule is CCN(CNS(=O)(=O)O)c1ccc(N)cc1Cl. The molecule has 0 saturated heterocycles. The zero-order valence-electron chi connectivity index (χ0n) is 9.22. The molecule has 1 rings (SSSR count). The lowest BCUT2D eigenvalue weighted by atomic mass is 10.2. The Morgan fingerprint density at radius 1 is 1.53 bits per heavy atom. The predicted molar refractivity (Wildman–Crippen MR) is 68.4 cm³/mol. The molecule has 0 aliphatic heterocycles. The molecule has 1 aromatic rings. The quantitative estimate of drug-likeness (QED) is 0.426. The van der Waals surface area contributed by atoms with E-state index in [0.717, 1.165) is 0 Å². The molecule has 17 heavy (non-hydrogen) atoms. The fourth-order valence-corrected chi connectivity index (χ4v) is 1.93. The third kappa shape index (κ3) is 4.39. The van der Waals surface area contributed by atoms with Crippen LogP contribution in [0.2, 0.25) is 5.02 Å². The molecule has 0 aromatic heterocycles. The van der Waals surface area contributed by atoms with E-state index in [-0.39, 0.29) is 6.67 Å². The van der Waals surface area contributed by atoms with Crippen molar-refractivity contribution in [3.8, 4) is 0 Å². The number of nitrogens with zero attached hydrogens (tertiary/aromatic N) is 1. The third-order valence-electron chi connectivity index (χ3n) is 2.13. The average Bonchev–Trinajstić information content (AvgIpc) is 2.19. The molecule has 0 heterocycles. The second-order valence-corrected chi connectivity index (χ2v) is 4.99. The van der Waals surface area contributed by atoms with Gasteiger partial charge in [-0.1, -0.05) is 11.6 Å². The summed E-state index contributed by atoms with van der Waals surface area (Å²) in [6, 6.07) is 4.93. The molecule has 0 amide bonds. The van der Waals surface area contributed by atoms with Gasteiger partial charge in [0.15, 0.2) is 0 Å². The van der Waals surface area contributed by atoms with Gasteiger partial charge in [-0.2, -0.15) is 13.1 Å². The second kappa shape index (κ2) is 5.54. The molecule has 6 nitrogen and oxygen atoms in total. The number of anilines is 2. The number of nitrogens with two attached hydrogens (primary N) is 1. The molecule has 96 valence electrons. The Labute approximate surface area is 105 Å². The first-order chi connectivity index (χ1) is 7.83. The van der Waals surface area contributed by atoms with E-state index in [9.17, 15) is 8.42 Å². The molecule has 0 fully saturated rings. The van der Waals surface area contributed by atoms with Gasteiger partial charge in [0.05, 0.1) is 17.4 Å². The van der Waals surface area contributed by atoms with Crippen molar-refractivity contribution in [3.05, 3.63) is 23.2 Å². The zero-order chi connectivity index (χ0) is 13.1. The Hall–Kier alpha value is -1.02. The summed E-state index contributed by atoms with van der Waals surface area (Å²) in [6.45, 7) is 2.28. The number of hydrogen-bond acceptors (Lipinski definition) is 4. The summed E-state index contributed by atoms with van der Waals surface area (Å²) < 4.78 is 31.8. The molecule has 0 radical (unpaired) electrons. The lowest BCUT2D eigenvalue weighted by Gasteiger charge is -2.23. The molecule has 0 atom stereocenters. The van der Waals surface area contributed by atoms with Gasteiger partial charge in [0.25, 0.3) is 0 Å². The Bertz CT molecular complexity index is 492. The summed E-state index contributed by atoms with van der Waals surface area (Å²) in [5.41, 5.74) is 6.72. The van der Waals surface area contributed by atoms with E-state index >= 15 is 0 Å². The van der Waals surface area contributed by atoms with Crippen molar-refractivity contribution in [2.24, 2.45) is 0 Å². The molecule has 0 saturated carbocycles. The Morgan fingerprint density at radius 2 is 2.18 bits per heavy atom. The van der Waals surface area contributed by atoms with Gasteiger partial charge < -0.3 is 10.6 Å². The van der Waals surface area contributed by atoms with Gasteiger partial charge in [0.1, 0.15) is 0 Å². The molecule has 1 aromatic carbocycles. The van der Waals surface area contributed by atoms with Gasteiger partial charge in [0.2, 0.25) is 0 Å². The van der Waals surface area contributed by atoms with Crippen molar-refractivity contribution in [2.45, 2.75) is 6.92 Å². The van der Waals surface area contributed by atoms with E-state index in [1.54, 1.807) is 23.1 Å². The van der Waals surface area contributed by atoms with Crippen LogP contribution in [0.15, 0.2) is 18.2 Å². The first kappa shape index (κ1) is 14.0. The first-order valence-corrected chi connectivity index (χ1v) is 6.67. The average molecular weight is 280 g/mol. The monoisotopic (exact) mass is 279 g/mol.